The Morgan fingerprint density at radius 3 is 2.88 bits per heavy atom. The van der Waals surface area contributed by atoms with Gasteiger partial charge in [0.15, 0.2) is 5.78 Å². The molecule has 0 aliphatic carbocycles. The average molecular weight is 116 g/mol. The molecule has 0 rings (SSSR count). The first-order valence-electron chi connectivity index (χ1n) is 2.15. The highest BCUT2D eigenvalue weighted by Gasteiger charge is 1.90. The number of carbonyl (C=O) groups is 1. The van der Waals surface area contributed by atoms with E-state index < -0.39 is 6.79 Å². The summed E-state index contributed by atoms with van der Waals surface area (Å²) in [6.45, 7) is 2.70. The van der Waals surface area contributed by atoms with E-state index in [0.717, 1.165) is 6.08 Å². The summed E-state index contributed by atoms with van der Waals surface area (Å²) in [6, 6.07) is 0. The Morgan fingerprint density at radius 2 is 2.50 bits per heavy atom. The topological polar surface area (TPSA) is 46.5 Å². The quantitative estimate of drug-likeness (QED) is 0.405. The van der Waals surface area contributed by atoms with E-state index >= 15 is 0 Å². The first kappa shape index (κ1) is 7.33. The van der Waals surface area contributed by atoms with Crippen molar-refractivity contribution in [2.75, 3.05) is 13.4 Å². The van der Waals surface area contributed by atoms with Gasteiger partial charge in [-0.2, -0.15) is 0 Å². The van der Waals surface area contributed by atoms with Crippen LogP contribution in [-0.4, -0.2) is 24.3 Å². The van der Waals surface area contributed by atoms with Gasteiger partial charge in [0.05, 0.1) is 0 Å². The number of rotatable bonds is 4. The summed E-state index contributed by atoms with van der Waals surface area (Å²) < 4.78 is 4.32. The number of hydrogen-bond donors (Lipinski definition) is 1. The van der Waals surface area contributed by atoms with Crippen molar-refractivity contribution in [3.63, 3.8) is 0 Å². The van der Waals surface area contributed by atoms with Gasteiger partial charge in [0.2, 0.25) is 0 Å². The second kappa shape index (κ2) is 4.49. The molecule has 3 nitrogen and oxygen atoms in total. The molecule has 0 saturated carbocycles. The van der Waals surface area contributed by atoms with Gasteiger partial charge in [-0.3, -0.25) is 4.79 Å². The monoisotopic (exact) mass is 116 g/mol. The zero-order valence-electron chi connectivity index (χ0n) is 4.46. The van der Waals surface area contributed by atoms with Crippen molar-refractivity contribution in [2.24, 2.45) is 0 Å². The summed E-state index contributed by atoms with van der Waals surface area (Å²) in [4.78, 5) is 10.2. The van der Waals surface area contributed by atoms with Crippen molar-refractivity contribution in [3.8, 4) is 0 Å². The molecule has 1 N–H and O–H groups in total. The molecule has 8 heavy (non-hydrogen) atoms. The third kappa shape index (κ3) is 3.52. The minimum absolute atomic E-state index is 0.0833. The Bertz CT molecular complexity index is 87.7. The fourth-order valence-electron chi connectivity index (χ4n) is 0.205. The maximum Gasteiger partial charge on any atom is 0.180 e. The van der Waals surface area contributed by atoms with Crippen LogP contribution in [0.4, 0.5) is 0 Å². The predicted octanol–water partition coefficient (Wildman–Crippen LogP) is -0.292. The number of hydrogen-bond acceptors (Lipinski definition) is 3. The van der Waals surface area contributed by atoms with Gasteiger partial charge in [-0.1, -0.05) is 6.58 Å². The lowest BCUT2D eigenvalue weighted by Gasteiger charge is -1.91. The van der Waals surface area contributed by atoms with Gasteiger partial charge >= 0.3 is 0 Å². The Balaban J connectivity index is 3.11. The highest BCUT2D eigenvalue weighted by molar-refractivity contribution is 5.90. The molecule has 3 heteroatoms. The highest BCUT2D eigenvalue weighted by atomic mass is 16.6. The molecule has 0 aliphatic heterocycles. The lowest BCUT2D eigenvalue weighted by molar-refractivity contribution is -0.122. The van der Waals surface area contributed by atoms with Crippen LogP contribution in [0.25, 0.3) is 0 Å². The maximum absolute atomic E-state index is 10.2. The van der Waals surface area contributed by atoms with E-state index in [0.29, 0.717) is 0 Å². The van der Waals surface area contributed by atoms with Crippen molar-refractivity contribution in [3.05, 3.63) is 12.7 Å². The Labute approximate surface area is 47.6 Å². The van der Waals surface area contributed by atoms with E-state index in [1.165, 1.54) is 0 Å². The van der Waals surface area contributed by atoms with E-state index in [9.17, 15) is 4.79 Å². The van der Waals surface area contributed by atoms with Gasteiger partial charge in [-0.05, 0) is 6.08 Å². The zero-order valence-corrected chi connectivity index (χ0v) is 4.46. The normalized spacial score (nSPS) is 8.62. The molecular weight excluding hydrogens is 108 g/mol. The van der Waals surface area contributed by atoms with Crippen LogP contribution >= 0.6 is 0 Å². The predicted molar refractivity (Wildman–Crippen MR) is 28.2 cm³/mol. The fourth-order valence-corrected chi connectivity index (χ4v) is 0.205. The third-order valence-electron chi connectivity index (χ3n) is 0.563. The largest absolute Gasteiger partial charge is 0.371 e. The molecule has 0 unspecified atom stereocenters. The summed E-state index contributed by atoms with van der Waals surface area (Å²) in [7, 11) is 0. The van der Waals surface area contributed by atoms with Crippen LogP contribution in [0.2, 0.25) is 0 Å². The number of ketones is 1. The van der Waals surface area contributed by atoms with E-state index in [-0.39, 0.29) is 12.4 Å². The molecular formula is C5H8O3. The van der Waals surface area contributed by atoms with Gasteiger partial charge in [0, 0.05) is 0 Å². The molecule has 0 aromatic rings. The number of ether oxygens (including phenoxy) is 1. The van der Waals surface area contributed by atoms with Crippen molar-refractivity contribution in [1.29, 1.82) is 0 Å². The van der Waals surface area contributed by atoms with Crippen molar-refractivity contribution >= 4 is 5.78 Å². The molecule has 0 aliphatic rings. The lowest BCUT2D eigenvalue weighted by Crippen LogP contribution is -2.04. The number of aliphatic hydroxyl groups excluding tert-OH is 1. The molecule has 0 fully saturated rings. The maximum atomic E-state index is 10.2. The smallest absolute Gasteiger partial charge is 0.180 e. The van der Waals surface area contributed by atoms with E-state index in [2.05, 4.69) is 11.3 Å². The second-order valence-corrected chi connectivity index (χ2v) is 1.15. The van der Waals surface area contributed by atoms with E-state index in [4.69, 9.17) is 5.11 Å². The molecule has 0 aromatic heterocycles. The van der Waals surface area contributed by atoms with Crippen LogP contribution in [-0.2, 0) is 9.53 Å². The Hall–Kier alpha value is -0.670. The average Bonchev–Trinajstić information content (AvgIpc) is 1.83. The van der Waals surface area contributed by atoms with E-state index in [1.54, 1.807) is 0 Å². The van der Waals surface area contributed by atoms with Crippen LogP contribution in [0.15, 0.2) is 12.7 Å². The SMILES string of the molecule is C=CC(=O)COCO. The first-order valence-corrected chi connectivity index (χ1v) is 2.15. The minimum atomic E-state index is -0.417. The van der Waals surface area contributed by atoms with Gasteiger partial charge in [-0.25, -0.2) is 0 Å². The van der Waals surface area contributed by atoms with Crippen molar-refractivity contribution in [2.45, 2.75) is 0 Å². The number of carbonyl (C=O) groups excluding carboxylic acids is 1. The number of aliphatic hydroxyl groups is 1. The van der Waals surface area contributed by atoms with Crippen LogP contribution in [0.1, 0.15) is 0 Å². The molecule has 0 atom stereocenters. The Kier molecular flexibility index (Phi) is 4.11. The summed E-state index contributed by atoms with van der Waals surface area (Å²) in [5, 5.41) is 8.00. The zero-order chi connectivity index (χ0) is 6.41. The van der Waals surface area contributed by atoms with E-state index in [1.807, 2.05) is 0 Å². The molecule has 0 heterocycles. The molecule has 0 spiro atoms. The van der Waals surface area contributed by atoms with Gasteiger partial charge < -0.3 is 9.84 Å². The molecule has 46 valence electrons. The summed E-state index contributed by atoms with van der Waals surface area (Å²) in [6.07, 6.45) is 1.15. The standard InChI is InChI=1S/C5H8O3/c1-2-5(7)3-8-4-6/h2,6H,1,3-4H2. The van der Waals surface area contributed by atoms with Crippen LogP contribution < -0.4 is 0 Å². The van der Waals surface area contributed by atoms with Crippen molar-refractivity contribution in [1.82, 2.24) is 0 Å². The van der Waals surface area contributed by atoms with Crippen LogP contribution in [0.3, 0.4) is 0 Å². The second-order valence-electron chi connectivity index (χ2n) is 1.15. The molecule has 0 aromatic carbocycles. The molecule has 0 bridgehead atoms. The summed E-state index contributed by atoms with van der Waals surface area (Å²) >= 11 is 0. The lowest BCUT2D eigenvalue weighted by atomic mass is 10.4. The molecule has 0 saturated heterocycles. The van der Waals surface area contributed by atoms with Crippen LogP contribution in [0.5, 0.6) is 0 Å². The van der Waals surface area contributed by atoms with Crippen LogP contribution in [0, 0.1) is 0 Å². The summed E-state index contributed by atoms with van der Waals surface area (Å²) in [5.74, 6) is -0.223. The first-order chi connectivity index (χ1) is 3.81. The minimum Gasteiger partial charge on any atom is -0.371 e. The Morgan fingerprint density at radius 1 is 1.88 bits per heavy atom. The van der Waals surface area contributed by atoms with Gasteiger partial charge in [-0.15, -0.1) is 0 Å². The highest BCUT2D eigenvalue weighted by Crippen LogP contribution is 1.74. The fraction of sp³-hybridized carbons (Fsp3) is 0.400. The molecule has 0 radical (unpaired) electrons. The molecule has 0 amide bonds. The van der Waals surface area contributed by atoms with Crippen molar-refractivity contribution < 1.29 is 14.6 Å². The van der Waals surface area contributed by atoms with Gasteiger partial charge in [0.1, 0.15) is 13.4 Å². The van der Waals surface area contributed by atoms with Gasteiger partial charge in [0.25, 0.3) is 0 Å². The summed E-state index contributed by atoms with van der Waals surface area (Å²) in [5.41, 5.74) is 0. The third-order valence-corrected chi connectivity index (χ3v) is 0.563.